The first-order valence-electron chi connectivity index (χ1n) is 6.27. The van der Waals surface area contributed by atoms with Crippen LogP contribution in [0.2, 0.25) is 0 Å². The van der Waals surface area contributed by atoms with Gasteiger partial charge in [-0.1, -0.05) is 24.3 Å². The summed E-state index contributed by atoms with van der Waals surface area (Å²) in [5.41, 5.74) is 1.87. The second-order valence-corrected chi connectivity index (χ2v) is 6.89. The van der Waals surface area contributed by atoms with Gasteiger partial charge in [-0.2, -0.15) is 0 Å². The van der Waals surface area contributed by atoms with Crippen molar-refractivity contribution < 1.29 is 17.9 Å². The van der Waals surface area contributed by atoms with Crippen LogP contribution in [0.4, 0.5) is 0 Å². The third-order valence-electron chi connectivity index (χ3n) is 2.88. The molecule has 0 unspecified atom stereocenters. The fourth-order valence-electron chi connectivity index (χ4n) is 1.80. The van der Waals surface area contributed by atoms with Crippen LogP contribution in [0.5, 0.6) is 5.75 Å². The zero-order chi connectivity index (χ0) is 15.3. The maximum Gasteiger partial charge on any atom is 0.261 e. The number of hydrogen-bond donors (Lipinski definition) is 0. The molecule has 2 aromatic carbocycles. The lowest BCUT2D eigenvalue weighted by Crippen LogP contribution is -2.03. The average molecular weight is 327 g/mol. The molecule has 112 valence electrons. The predicted molar refractivity (Wildman–Crippen MR) is 82.3 cm³/mol. The molecular formula is C15H15ClO4S. The molecule has 0 aliphatic heterocycles. The van der Waals surface area contributed by atoms with E-state index in [4.69, 9.17) is 20.2 Å². The summed E-state index contributed by atoms with van der Waals surface area (Å²) in [6, 6.07) is 13.9. The molecule has 0 amide bonds. The first kappa shape index (κ1) is 15.8. The van der Waals surface area contributed by atoms with Gasteiger partial charge in [0.25, 0.3) is 9.05 Å². The Kier molecular flexibility index (Phi) is 5.22. The van der Waals surface area contributed by atoms with Crippen LogP contribution in [0.3, 0.4) is 0 Å². The highest BCUT2D eigenvalue weighted by molar-refractivity contribution is 8.13. The Labute approximate surface area is 128 Å². The topological polar surface area (TPSA) is 52.6 Å². The van der Waals surface area contributed by atoms with Crippen molar-refractivity contribution in [3.8, 4) is 16.9 Å². The Bertz CT molecular complexity index is 679. The van der Waals surface area contributed by atoms with E-state index >= 15 is 0 Å². The van der Waals surface area contributed by atoms with Gasteiger partial charge in [0.05, 0.1) is 11.5 Å². The molecule has 0 saturated heterocycles. The van der Waals surface area contributed by atoms with E-state index in [1.165, 1.54) is 12.1 Å². The summed E-state index contributed by atoms with van der Waals surface area (Å²) in [6.07, 6.45) is 0. The van der Waals surface area contributed by atoms with Crippen LogP contribution in [-0.2, 0) is 13.8 Å². The number of rotatable bonds is 6. The molecule has 0 atom stereocenters. The normalized spacial score (nSPS) is 11.3. The zero-order valence-corrected chi connectivity index (χ0v) is 13.0. The Morgan fingerprint density at radius 3 is 1.90 bits per heavy atom. The molecular weight excluding hydrogens is 312 g/mol. The third-order valence-corrected chi connectivity index (χ3v) is 4.25. The molecule has 0 saturated carbocycles. The summed E-state index contributed by atoms with van der Waals surface area (Å²) in [5.74, 6) is 0.760. The second kappa shape index (κ2) is 6.93. The van der Waals surface area contributed by atoms with Gasteiger partial charge < -0.3 is 9.47 Å². The fraction of sp³-hybridized carbons (Fsp3) is 0.200. The van der Waals surface area contributed by atoms with Crippen LogP contribution in [0.15, 0.2) is 53.4 Å². The Morgan fingerprint density at radius 1 is 0.905 bits per heavy atom. The lowest BCUT2D eigenvalue weighted by molar-refractivity contribution is 0.146. The fourth-order valence-corrected chi connectivity index (χ4v) is 2.57. The summed E-state index contributed by atoms with van der Waals surface area (Å²) < 4.78 is 32.8. The van der Waals surface area contributed by atoms with E-state index in [0.717, 1.165) is 16.9 Å². The highest BCUT2D eigenvalue weighted by Crippen LogP contribution is 2.24. The van der Waals surface area contributed by atoms with Crippen molar-refractivity contribution in [1.82, 2.24) is 0 Å². The van der Waals surface area contributed by atoms with Crippen molar-refractivity contribution in [3.05, 3.63) is 48.5 Å². The Hall–Kier alpha value is -1.56. The lowest BCUT2D eigenvalue weighted by atomic mass is 10.1. The summed E-state index contributed by atoms with van der Waals surface area (Å²) in [4.78, 5) is 0.0902. The minimum atomic E-state index is -3.68. The maximum absolute atomic E-state index is 11.2. The first-order valence-corrected chi connectivity index (χ1v) is 8.58. The Morgan fingerprint density at radius 2 is 1.43 bits per heavy atom. The molecule has 0 radical (unpaired) electrons. The maximum atomic E-state index is 11.2. The van der Waals surface area contributed by atoms with E-state index in [-0.39, 0.29) is 4.90 Å². The molecule has 0 spiro atoms. The molecule has 4 nitrogen and oxygen atoms in total. The van der Waals surface area contributed by atoms with Gasteiger partial charge in [0, 0.05) is 17.8 Å². The highest BCUT2D eigenvalue weighted by atomic mass is 35.7. The van der Waals surface area contributed by atoms with Gasteiger partial charge in [-0.15, -0.1) is 0 Å². The molecule has 0 N–H and O–H groups in total. The third kappa shape index (κ3) is 4.46. The smallest absolute Gasteiger partial charge is 0.261 e. The molecule has 0 aromatic heterocycles. The van der Waals surface area contributed by atoms with Crippen molar-refractivity contribution >= 4 is 19.7 Å². The first-order chi connectivity index (χ1) is 10.0. The molecule has 2 aromatic rings. The van der Waals surface area contributed by atoms with Gasteiger partial charge >= 0.3 is 0 Å². The van der Waals surface area contributed by atoms with Crippen molar-refractivity contribution in [2.45, 2.75) is 4.90 Å². The number of hydrogen-bond acceptors (Lipinski definition) is 4. The van der Waals surface area contributed by atoms with Crippen LogP contribution in [0, 0.1) is 0 Å². The molecule has 0 heterocycles. The van der Waals surface area contributed by atoms with Crippen LogP contribution >= 0.6 is 10.7 Å². The standard InChI is InChI=1S/C15H15ClO4S/c1-19-10-11-20-14-6-2-12(3-7-14)13-4-8-15(9-5-13)21(16,17)18/h2-9H,10-11H2,1H3. The largest absolute Gasteiger partial charge is 0.491 e. The van der Waals surface area contributed by atoms with Gasteiger partial charge in [-0.3, -0.25) is 0 Å². The molecule has 0 bridgehead atoms. The lowest BCUT2D eigenvalue weighted by Gasteiger charge is -2.07. The summed E-state index contributed by atoms with van der Waals surface area (Å²) >= 11 is 0. The van der Waals surface area contributed by atoms with Crippen molar-refractivity contribution in [3.63, 3.8) is 0 Å². The molecule has 0 fully saturated rings. The molecule has 21 heavy (non-hydrogen) atoms. The highest BCUT2D eigenvalue weighted by Gasteiger charge is 2.09. The molecule has 0 aliphatic carbocycles. The number of methoxy groups -OCH3 is 1. The van der Waals surface area contributed by atoms with Crippen molar-refractivity contribution in [2.24, 2.45) is 0 Å². The number of benzene rings is 2. The van der Waals surface area contributed by atoms with E-state index in [9.17, 15) is 8.42 Å². The minimum Gasteiger partial charge on any atom is -0.491 e. The van der Waals surface area contributed by atoms with Gasteiger partial charge in [-0.05, 0) is 35.4 Å². The summed E-state index contributed by atoms with van der Waals surface area (Å²) in [7, 11) is 3.22. The number of ether oxygens (including phenoxy) is 2. The van der Waals surface area contributed by atoms with Crippen LogP contribution in [0.25, 0.3) is 11.1 Å². The van der Waals surface area contributed by atoms with Gasteiger partial charge in [0.1, 0.15) is 12.4 Å². The van der Waals surface area contributed by atoms with Crippen molar-refractivity contribution in [1.29, 1.82) is 0 Å². The Balaban J connectivity index is 2.11. The average Bonchev–Trinajstić information content (AvgIpc) is 2.48. The summed E-state index contributed by atoms with van der Waals surface area (Å²) in [6.45, 7) is 1.04. The van der Waals surface area contributed by atoms with E-state index in [1.807, 2.05) is 24.3 Å². The molecule has 6 heteroatoms. The summed E-state index contributed by atoms with van der Waals surface area (Å²) in [5, 5.41) is 0. The van der Waals surface area contributed by atoms with E-state index in [1.54, 1.807) is 19.2 Å². The van der Waals surface area contributed by atoms with E-state index in [2.05, 4.69) is 0 Å². The van der Waals surface area contributed by atoms with Crippen molar-refractivity contribution in [2.75, 3.05) is 20.3 Å². The van der Waals surface area contributed by atoms with Crippen LogP contribution in [-0.4, -0.2) is 28.7 Å². The van der Waals surface area contributed by atoms with Gasteiger partial charge in [-0.25, -0.2) is 8.42 Å². The zero-order valence-electron chi connectivity index (χ0n) is 11.5. The minimum absolute atomic E-state index is 0.0902. The van der Waals surface area contributed by atoms with E-state index < -0.39 is 9.05 Å². The second-order valence-electron chi connectivity index (χ2n) is 4.33. The van der Waals surface area contributed by atoms with Crippen LogP contribution < -0.4 is 4.74 Å². The molecule has 0 aliphatic rings. The SMILES string of the molecule is COCCOc1ccc(-c2ccc(S(=O)(=O)Cl)cc2)cc1. The number of halogens is 1. The van der Waals surface area contributed by atoms with Crippen LogP contribution in [0.1, 0.15) is 0 Å². The molecule has 2 rings (SSSR count). The quantitative estimate of drug-likeness (QED) is 0.603. The van der Waals surface area contributed by atoms with E-state index in [0.29, 0.717) is 13.2 Å². The van der Waals surface area contributed by atoms with Gasteiger partial charge in [0.15, 0.2) is 0 Å². The predicted octanol–water partition coefficient (Wildman–Crippen LogP) is 3.31. The van der Waals surface area contributed by atoms with Gasteiger partial charge in [0.2, 0.25) is 0 Å². The monoisotopic (exact) mass is 326 g/mol.